The summed E-state index contributed by atoms with van der Waals surface area (Å²) in [5, 5.41) is 0. The Morgan fingerprint density at radius 2 is 1.42 bits per heavy atom. The van der Waals surface area contributed by atoms with Crippen LogP contribution in [0.5, 0.6) is 0 Å². The molecule has 33 heavy (non-hydrogen) atoms. The monoisotopic (exact) mass is 470 g/mol. The number of hydrogen-bond acceptors (Lipinski definition) is 2. The summed E-state index contributed by atoms with van der Waals surface area (Å²) in [6.07, 6.45) is -8.27. The maximum atomic E-state index is 13.2. The number of rotatable bonds is 3. The molecular formula is C24H24F6N2O. The molecule has 2 unspecified atom stereocenters. The third-order valence-electron chi connectivity index (χ3n) is 6.81. The number of benzene rings is 2. The van der Waals surface area contributed by atoms with Crippen LogP contribution in [0.1, 0.15) is 41.5 Å². The standard InChI is InChI=1S/C24H24F6N2O/c1-15-3-6-18(24(28,29)30)13-20(15)31-9-11-32(12-10-31)21(33)22(2)14-19(22)16-4-7-17(8-5-16)23(25,26)27/h3-8,13,19H,9-12,14H2,1-2H3. The molecule has 2 fully saturated rings. The maximum absolute atomic E-state index is 13.2. The Balaban J connectivity index is 1.40. The maximum Gasteiger partial charge on any atom is 0.416 e. The Kier molecular flexibility index (Phi) is 5.65. The normalized spacial score (nSPS) is 23.6. The van der Waals surface area contributed by atoms with E-state index in [9.17, 15) is 31.1 Å². The van der Waals surface area contributed by atoms with Gasteiger partial charge in [-0.3, -0.25) is 4.79 Å². The first-order valence-electron chi connectivity index (χ1n) is 10.7. The summed E-state index contributed by atoms with van der Waals surface area (Å²) in [6, 6.07) is 8.60. The minimum Gasteiger partial charge on any atom is -0.368 e. The highest BCUT2D eigenvalue weighted by atomic mass is 19.4. The lowest BCUT2D eigenvalue weighted by Gasteiger charge is -2.38. The highest BCUT2D eigenvalue weighted by Gasteiger charge is 2.58. The van der Waals surface area contributed by atoms with Crippen molar-refractivity contribution in [3.63, 3.8) is 0 Å². The molecule has 0 N–H and O–H groups in total. The first-order chi connectivity index (χ1) is 15.3. The number of hydrogen-bond donors (Lipinski definition) is 0. The Bertz CT molecular complexity index is 1040. The van der Waals surface area contributed by atoms with E-state index < -0.39 is 28.9 Å². The first kappa shape index (κ1) is 23.4. The van der Waals surface area contributed by atoms with Crippen LogP contribution in [0.2, 0.25) is 0 Å². The summed E-state index contributed by atoms with van der Waals surface area (Å²) < 4.78 is 77.7. The Hall–Kier alpha value is -2.71. The van der Waals surface area contributed by atoms with Gasteiger partial charge >= 0.3 is 12.4 Å². The number of carbonyl (C=O) groups is 1. The highest BCUT2D eigenvalue weighted by molar-refractivity contribution is 5.87. The van der Waals surface area contributed by atoms with Gasteiger partial charge in [0.05, 0.1) is 16.5 Å². The van der Waals surface area contributed by atoms with Crippen LogP contribution in [0.3, 0.4) is 0 Å². The molecule has 1 saturated carbocycles. The molecule has 9 heteroatoms. The number of amides is 1. The van der Waals surface area contributed by atoms with Crippen LogP contribution < -0.4 is 4.90 Å². The van der Waals surface area contributed by atoms with Gasteiger partial charge in [0.15, 0.2) is 0 Å². The summed E-state index contributed by atoms with van der Waals surface area (Å²) in [7, 11) is 0. The molecule has 2 atom stereocenters. The number of carbonyl (C=O) groups excluding carboxylic acids is 1. The lowest BCUT2D eigenvalue weighted by Crippen LogP contribution is -2.51. The van der Waals surface area contributed by atoms with Gasteiger partial charge in [-0.1, -0.05) is 25.1 Å². The van der Waals surface area contributed by atoms with Crippen LogP contribution in [0.4, 0.5) is 32.0 Å². The van der Waals surface area contributed by atoms with Crippen LogP contribution in [0, 0.1) is 12.3 Å². The molecule has 178 valence electrons. The van der Waals surface area contributed by atoms with Crippen molar-refractivity contribution in [3.8, 4) is 0 Å². The molecule has 1 heterocycles. The average molecular weight is 470 g/mol. The summed E-state index contributed by atoms with van der Waals surface area (Å²) in [6.45, 7) is 5.16. The molecule has 2 aromatic rings. The number of aryl methyl sites for hydroxylation is 1. The van der Waals surface area contributed by atoms with Gasteiger partial charge in [0.2, 0.25) is 5.91 Å². The Morgan fingerprint density at radius 1 is 0.879 bits per heavy atom. The third kappa shape index (κ3) is 4.54. The molecule has 2 aromatic carbocycles. The van der Waals surface area contributed by atoms with Crippen LogP contribution in [-0.2, 0) is 17.1 Å². The van der Waals surface area contributed by atoms with Crippen LogP contribution >= 0.6 is 0 Å². The Morgan fingerprint density at radius 3 is 1.97 bits per heavy atom. The van der Waals surface area contributed by atoms with E-state index in [4.69, 9.17) is 0 Å². The number of piperazine rings is 1. The quantitative estimate of drug-likeness (QED) is 0.524. The van der Waals surface area contributed by atoms with Crippen molar-refractivity contribution in [3.05, 3.63) is 64.7 Å². The van der Waals surface area contributed by atoms with Crippen LogP contribution in [0.15, 0.2) is 42.5 Å². The second kappa shape index (κ2) is 7.95. The van der Waals surface area contributed by atoms with Crippen LogP contribution in [0.25, 0.3) is 0 Å². The fourth-order valence-corrected chi connectivity index (χ4v) is 4.63. The lowest BCUT2D eigenvalue weighted by molar-refractivity contribution is -0.138. The van der Waals surface area contributed by atoms with Crippen molar-refractivity contribution < 1.29 is 31.1 Å². The molecule has 1 aliphatic carbocycles. The second-order valence-corrected chi connectivity index (χ2v) is 9.07. The van der Waals surface area contributed by atoms with Crippen molar-refractivity contribution in [2.75, 3.05) is 31.1 Å². The summed E-state index contributed by atoms with van der Waals surface area (Å²) in [5.74, 6) is -0.205. The second-order valence-electron chi connectivity index (χ2n) is 9.07. The van der Waals surface area contributed by atoms with E-state index in [1.807, 2.05) is 11.8 Å². The topological polar surface area (TPSA) is 23.6 Å². The zero-order valence-electron chi connectivity index (χ0n) is 18.2. The lowest BCUT2D eigenvalue weighted by atomic mass is 9.98. The van der Waals surface area contributed by atoms with E-state index in [0.29, 0.717) is 43.9 Å². The molecule has 0 radical (unpaired) electrons. The van der Waals surface area contributed by atoms with E-state index in [1.165, 1.54) is 18.2 Å². The number of anilines is 1. The fraction of sp³-hybridized carbons (Fsp3) is 0.458. The fourth-order valence-electron chi connectivity index (χ4n) is 4.63. The van der Waals surface area contributed by atoms with Gasteiger partial charge in [0.25, 0.3) is 0 Å². The van der Waals surface area contributed by atoms with Gasteiger partial charge in [-0.15, -0.1) is 0 Å². The third-order valence-corrected chi connectivity index (χ3v) is 6.81. The van der Waals surface area contributed by atoms with Gasteiger partial charge in [0.1, 0.15) is 0 Å². The number of nitrogens with zero attached hydrogens (tertiary/aromatic N) is 2. The van der Waals surface area contributed by atoms with Crippen molar-refractivity contribution in [1.82, 2.24) is 4.90 Å². The van der Waals surface area contributed by atoms with E-state index in [0.717, 1.165) is 29.8 Å². The largest absolute Gasteiger partial charge is 0.416 e. The van der Waals surface area contributed by atoms with E-state index in [1.54, 1.807) is 11.8 Å². The Labute approximate surface area is 188 Å². The van der Waals surface area contributed by atoms with Gasteiger partial charge in [-0.25, -0.2) is 0 Å². The van der Waals surface area contributed by atoms with Crippen molar-refractivity contribution in [2.45, 2.75) is 38.5 Å². The van der Waals surface area contributed by atoms with Crippen molar-refractivity contribution in [1.29, 1.82) is 0 Å². The average Bonchev–Trinajstić information content (AvgIpc) is 3.45. The SMILES string of the molecule is Cc1ccc(C(F)(F)F)cc1N1CCN(C(=O)C2(C)CC2c2ccc(C(F)(F)F)cc2)CC1. The van der Waals surface area contributed by atoms with E-state index in [-0.39, 0.29) is 11.8 Å². The zero-order chi connectivity index (χ0) is 24.2. The van der Waals surface area contributed by atoms with Gasteiger partial charge in [-0.05, 0) is 54.7 Å². The minimum atomic E-state index is -4.42. The first-order valence-corrected chi connectivity index (χ1v) is 10.7. The van der Waals surface area contributed by atoms with Gasteiger partial charge < -0.3 is 9.80 Å². The number of halogens is 6. The molecule has 4 rings (SSSR count). The molecule has 0 aromatic heterocycles. The van der Waals surface area contributed by atoms with Gasteiger partial charge in [-0.2, -0.15) is 26.3 Å². The van der Waals surface area contributed by atoms with E-state index in [2.05, 4.69) is 0 Å². The molecule has 0 spiro atoms. The summed E-state index contributed by atoms with van der Waals surface area (Å²) in [5.41, 5.74) is -0.144. The highest BCUT2D eigenvalue weighted by Crippen LogP contribution is 2.60. The van der Waals surface area contributed by atoms with Crippen LogP contribution in [-0.4, -0.2) is 37.0 Å². The smallest absolute Gasteiger partial charge is 0.368 e. The molecule has 2 aliphatic rings. The predicted octanol–water partition coefficient (Wildman–Crippen LogP) is 5.88. The molecule has 0 bridgehead atoms. The minimum absolute atomic E-state index is 0.0622. The molecule has 1 aliphatic heterocycles. The van der Waals surface area contributed by atoms with Crippen molar-refractivity contribution in [2.24, 2.45) is 5.41 Å². The van der Waals surface area contributed by atoms with Gasteiger partial charge in [0, 0.05) is 31.9 Å². The predicted molar refractivity (Wildman–Crippen MR) is 112 cm³/mol. The zero-order valence-corrected chi connectivity index (χ0v) is 18.2. The summed E-state index contributed by atoms with van der Waals surface area (Å²) in [4.78, 5) is 16.7. The number of alkyl halides is 6. The van der Waals surface area contributed by atoms with Crippen molar-refractivity contribution >= 4 is 11.6 Å². The molecule has 1 saturated heterocycles. The molecule has 3 nitrogen and oxygen atoms in total. The van der Waals surface area contributed by atoms with E-state index >= 15 is 0 Å². The molecule has 1 amide bonds. The molecular weight excluding hydrogens is 446 g/mol. The summed E-state index contributed by atoms with van der Waals surface area (Å²) >= 11 is 0.